The van der Waals surface area contributed by atoms with Crippen molar-refractivity contribution in [1.82, 2.24) is 15.2 Å². The van der Waals surface area contributed by atoms with Crippen molar-refractivity contribution in [2.45, 2.75) is 57.8 Å². The Hall–Kier alpha value is -2.99. The first-order valence-electron chi connectivity index (χ1n) is 11.7. The molecule has 0 radical (unpaired) electrons. The Morgan fingerprint density at radius 1 is 1.18 bits per heavy atom. The first-order valence-corrected chi connectivity index (χ1v) is 11.7. The van der Waals surface area contributed by atoms with Crippen LogP contribution < -0.4 is 5.32 Å². The predicted octanol–water partition coefficient (Wildman–Crippen LogP) is 3.93. The third kappa shape index (κ3) is 4.86. The highest BCUT2D eigenvalue weighted by Crippen LogP contribution is 2.52. The Kier molecular flexibility index (Phi) is 6.94. The van der Waals surface area contributed by atoms with Gasteiger partial charge in [-0.25, -0.2) is 0 Å². The van der Waals surface area contributed by atoms with E-state index < -0.39 is 0 Å². The van der Waals surface area contributed by atoms with Gasteiger partial charge in [0.15, 0.2) is 0 Å². The van der Waals surface area contributed by atoms with Gasteiger partial charge in [0.2, 0.25) is 11.8 Å². The summed E-state index contributed by atoms with van der Waals surface area (Å²) in [5, 5.41) is 3.15. The Balaban J connectivity index is 1.62. The lowest BCUT2D eigenvalue weighted by molar-refractivity contribution is -0.129. The van der Waals surface area contributed by atoms with Gasteiger partial charge in [0.1, 0.15) is 0 Å². The van der Waals surface area contributed by atoms with Crippen molar-refractivity contribution in [3.63, 3.8) is 0 Å². The average Bonchev–Trinajstić information content (AvgIpc) is 3.05. The molecule has 1 aromatic heterocycles. The molecule has 1 aromatic carbocycles. The summed E-state index contributed by atoms with van der Waals surface area (Å²) in [6.45, 7) is 7.46. The van der Waals surface area contributed by atoms with Crippen LogP contribution in [0.4, 0.5) is 0 Å². The van der Waals surface area contributed by atoms with Crippen LogP contribution in [0.1, 0.15) is 56.3 Å². The van der Waals surface area contributed by atoms with Gasteiger partial charge < -0.3 is 15.0 Å². The lowest BCUT2D eigenvalue weighted by atomic mass is 9.71. The number of benzene rings is 1. The zero-order valence-corrected chi connectivity index (χ0v) is 19.7. The van der Waals surface area contributed by atoms with Crippen LogP contribution in [-0.4, -0.2) is 40.9 Å². The molecule has 2 heterocycles. The summed E-state index contributed by atoms with van der Waals surface area (Å²) >= 11 is 0. The maximum atomic E-state index is 12.7. The summed E-state index contributed by atoms with van der Waals surface area (Å²) in [5.41, 5.74) is 3.14. The molecule has 2 atom stereocenters. The number of pyridine rings is 1. The van der Waals surface area contributed by atoms with Crippen molar-refractivity contribution < 1.29 is 14.3 Å². The summed E-state index contributed by atoms with van der Waals surface area (Å²) in [5.74, 6) is 0.337. The summed E-state index contributed by atoms with van der Waals surface area (Å²) in [6.07, 6.45) is 8.55. The molecule has 6 heteroatoms. The molecule has 4 rings (SSSR count). The van der Waals surface area contributed by atoms with Crippen molar-refractivity contribution in [1.29, 1.82) is 0 Å². The number of aromatic nitrogens is 1. The molecule has 33 heavy (non-hydrogen) atoms. The topological polar surface area (TPSA) is 71.5 Å². The van der Waals surface area contributed by atoms with Crippen molar-refractivity contribution in [2.24, 2.45) is 5.92 Å². The highest BCUT2D eigenvalue weighted by molar-refractivity contribution is 5.87. The molecule has 2 amide bonds. The molecule has 0 bridgehead atoms. The van der Waals surface area contributed by atoms with Gasteiger partial charge in [-0.1, -0.05) is 44.2 Å². The molecule has 1 fully saturated rings. The minimum atomic E-state index is -0.255. The molecule has 2 aromatic rings. The first kappa shape index (κ1) is 23.2. The van der Waals surface area contributed by atoms with Gasteiger partial charge in [0, 0.05) is 37.8 Å². The lowest BCUT2D eigenvalue weighted by Gasteiger charge is -2.44. The van der Waals surface area contributed by atoms with Crippen LogP contribution in [0.15, 0.2) is 60.9 Å². The zero-order chi connectivity index (χ0) is 23.4. The number of ether oxygens (including phenoxy) is 1. The fourth-order valence-corrected chi connectivity index (χ4v) is 5.21. The van der Waals surface area contributed by atoms with Gasteiger partial charge in [-0.05, 0) is 53.7 Å². The number of nitrogens with zero attached hydrogens (tertiary/aromatic N) is 2. The number of carbonyl (C=O) groups excluding carboxylic acids is 2. The normalized spacial score (nSPS) is 21.5. The van der Waals surface area contributed by atoms with E-state index in [1.54, 1.807) is 25.4 Å². The Morgan fingerprint density at radius 3 is 2.55 bits per heavy atom. The van der Waals surface area contributed by atoms with Crippen molar-refractivity contribution in [3.8, 4) is 0 Å². The predicted molar refractivity (Wildman–Crippen MR) is 127 cm³/mol. The maximum Gasteiger partial charge on any atom is 0.246 e. The molecule has 1 aliphatic heterocycles. The van der Waals surface area contributed by atoms with E-state index in [2.05, 4.69) is 42.3 Å². The van der Waals surface area contributed by atoms with Crippen LogP contribution in [0.2, 0.25) is 0 Å². The molecule has 1 N–H and O–H groups in total. The quantitative estimate of drug-likeness (QED) is 0.681. The van der Waals surface area contributed by atoms with Gasteiger partial charge in [-0.2, -0.15) is 0 Å². The number of allylic oxidation sites excluding steroid dienone is 1. The average molecular weight is 448 g/mol. The summed E-state index contributed by atoms with van der Waals surface area (Å²) < 4.78 is 6.59. The zero-order valence-electron chi connectivity index (χ0n) is 19.7. The van der Waals surface area contributed by atoms with E-state index in [-0.39, 0.29) is 29.4 Å². The van der Waals surface area contributed by atoms with Crippen LogP contribution in [0, 0.1) is 5.92 Å². The van der Waals surface area contributed by atoms with Crippen LogP contribution in [-0.2, 0) is 26.3 Å². The summed E-state index contributed by atoms with van der Waals surface area (Å²) in [4.78, 5) is 30.9. The molecule has 0 unspecified atom stereocenters. The van der Waals surface area contributed by atoms with Crippen LogP contribution in [0.25, 0.3) is 0 Å². The fraction of sp³-hybridized carbons (Fsp3) is 0.444. The first-order chi connectivity index (χ1) is 15.9. The van der Waals surface area contributed by atoms with Gasteiger partial charge in [-0.3, -0.25) is 14.6 Å². The van der Waals surface area contributed by atoms with Crippen LogP contribution >= 0.6 is 0 Å². The minimum absolute atomic E-state index is 0.0671. The number of amides is 2. The number of carbonyl (C=O) groups is 2. The lowest BCUT2D eigenvalue weighted by Crippen LogP contribution is -2.51. The van der Waals surface area contributed by atoms with Crippen LogP contribution in [0.3, 0.4) is 0 Å². The maximum absolute atomic E-state index is 12.7. The van der Waals surface area contributed by atoms with Crippen molar-refractivity contribution in [3.05, 3.63) is 77.6 Å². The van der Waals surface area contributed by atoms with E-state index in [0.717, 1.165) is 24.0 Å². The molecule has 2 aliphatic rings. The number of nitrogens with one attached hydrogen (secondary N) is 1. The second kappa shape index (κ2) is 9.87. The van der Waals surface area contributed by atoms with E-state index in [1.807, 2.05) is 29.2 Å². The molecule has 1 spiro atoms. The standard InChI is InChI=1S/C27H33N3O3/c1-19(2)8-9-24(32)30-16-12-27(13-17-30)23-7-5-4-6-22(23)25(29-20(3)31)26(27)33-18-21-10-14-28-15-11-21/h4-11,14-15,19,25-26H,12-13,16-18H2,1-3H3,(H,29,31)/b9-8+/t25-,26+/m1/s1. The summed E-state index contributed by atoms with van der Waals surface area (Å²) in [6, 6.07) is 12.0. The third-order valence-corrected chi connectivity index (χ3v) is 6.81. The monoisotopic (exact) mass is 447 g/mol. The van der Waals surface area contributed by atoms with E-state index in [9.17, 15) is 9.59 Å². The van der Waals surface area contributed by atoms with E-state index in [4.69, 9.17) is 4.74 Å². The molecular formula is C27H33N3O3. The number of hydrogen-bond donors (Lipinski definition) is 1. The fourth-order valence-electron chi connectivity index (χ4n) is 5.21. The largest absolute Gasteiger partial charge is 0.370 e. The van der Waals surface area contributed by atoms with E-state index in [0.29, 0.717) is 25.6 Å². The molecular weight excluding hydrogens is 414 g/mol. The van der Waals surface area contributed by atoms with E-state index >= 15 is 0 Å². The number of fused-ring (bicyclic) bond motifs is 2. The van der Waals surface area contributed by atoms with Crippen molar-refractivity contribution in [2.75, 3.05) is 13.1 Å². The Labute approximate surface area is 196 Å². The number of rotatable bonds is 6. The number of likely N-dealkylation sites (tertiary alicyclic amines) is 1. The highest BCUT2D eigenvalue weighted by Gasteiger charge is 2.54. The molecule has 1 saturated heterocycles. The molecule has 6 nitrogen and oxygen atoms in total. The second-order valence-electron chi connectivity index (χ2n) is 9.44. The third-order valence-electron chi connectivity index (χ3n) is 6.81. The second-order valence-corrected chi connectivity index (χ2v) is 9.44. The molecule has 1 aliphatic carbocycles. The van der Waals surface area contributed by atoms with Crippen molar-refractivity contribution >= 4 is 11.8 Å². The number of piperidine rings is 1. The van der Waals surface area contributed by atoms with Crippen LogP contribution in [0.5, 0.6) is 0 Å². The molecule has 0 saturated carbocycles. The Morgan fingerprint density at radius 2 is 1.88 bits per heavy atom. The van der Waals surface area contributed by atoms with Gasteiger partial charge in [0.05, 0.1) is 18.8 Å². The SMILES string of the molecule is CC(=O)N[C@@H]1c2ccccc2C2(CCN(C(=O)/C=C/C(C)C)CC2)[C@H]1OCc1ccncc1. The summed E-state index contributed by atoms with van der Waals surface area (Å²) in [7, 11) is 0. The van der Waals surface area contributed by atoms with Gasteiger partial charge in [0.25, 0.3) is 0 Å². The highest BCUT2D eigenvalue weighted by atomic mass is 16.5. The number of hydrogen-bond acceptors (Lipinski definition) is 4. The Bertz CT molecular complexity index is 1010. The minimum Gasteiger partial charge on any atom is -0.370 e. The smallest absolute Gasteiger partial charge is 0.246 e. The van der Waals surface area contributed by atoms with E-state index in [1.165, 1.54) is 5.56 Å². The molecule has 174 valence electrons. The van der Waals surface area contributed by atoms with Gasteiger partial charge >= 0.3 is 0 Å². The van der Waals surface area contributed by atoms with Gasteiger partial charge in [-0.15, -0.1) is 0 Å².